The summed E-state index contributed by atoms with van der Waals surface area (Å²) in [6.45, 7) is 6.16. The van der Waals surface area contributed by atoms with Crippen LogP contribution in [-0.2, 0) is 14.5 Å². The summed E-state index contributed by atoms with van der Waals surface area (Å²) < 4.78 is 27.5. The van der Waals surface area contributed by atoms with Gasteiger partial charge in [0, 0.05) is 12.6 Å². The molecule has 1 saturated heterocycles. The minimum absolute atomic E-state index is 0.00428. The van der Waals surface area contributed by atoms with E-state index in [1.807, 2.05) is 0 Å². The second-order valence-corrected chi connectivity index (χ2v) is 9.40. The van der Waals surface area contributed by atoms with Crippen LogP contribution >= 0.6 is 34.8 Å². The van der Waals surface area contributed by atoms with Crippen molar-refractivity contribution in [2.24, 2.45) is 5.41 Å². The Labute approximate surface area is 117 Å². The Bertz CT molecular complexity index is 372. The number of rotatable bonds is 4. The molecule has 0 amide bonds. The van der Waals surface area contributed by atoms with Gasteiger partial charge in [0.05, 0.1) is 0 Å². The van der Waals surface area contributed by atoms with Gasteiger partial charge in [-0.3, -0.25) is 4.18 Å². The lowest BCUT2D eigenvalue weighted by molar-refractivity contribution is 0.297. The van der Waals surface area contributed by atoms with E-state index in [9.17, 15) is 8.42 Å². The lowest BCUT2D eigenvalue weighted by Crippen LogP contribution is -2.24. The van der Waals surface area contributed by atoms with E-state index in [2.05, 4.69) is 25.0 Å². The molecule has 0 spiro atoms. The highest BCUT2D eigenvalue weighted by atomic mass is 35.6. The molecule has 0 aromatic rings. The summed E-state index contributed by atoms with van der Waals surface area (Å²) in [5, 5.41) is 0. The molecule has 0 aliphatic carbocycles. The Morgan fingerprint density at radius 2 is 1.82 bits per heavy atom. The third-order valence-corrected chi connectivity index (χ3v) is 3.94. The summed E-state index contributed by atoms with van der Waals surface area (Å²) in [6, 6.07) is -0.00428. The van der Waals surface area contributed by atoms with Gasteiger partial charge in [0.15, 0.2) is 0 Å². The maximum atomic E-state index is 11.7. The number of nitrogens with zero attached hydrogens (tertiary/aromatic N) is 1. The molecular formula is C9H16Cl3NO3S. The molecular weight excluding hydrogens is 309 g/mol. The van der Waals surface area contributed by atoms with Crippen LogP contribution in [0.5, 0.6) is 0 Å². The first kappa shape index (κ1) is 15.8. The van der Waals surface area contributed by atoms with Crippen molar-refractivity contribution >= 4 is 45.1 Å². The lowest BCUT2D eigenvalue weighted by atomic mass is 9.91. The van der Waals surface area contributed by atoms with Gasteiger partial charge >= 0.3 is 10.3 Å². The maximum absolute atomic E-state index is 11.7. The first-order valence-corrected chi connectivity index (χ1v) is 7.64. The van der Waals surface area contributed by atoms with E-state index >= 15 is 0 Å². The molecule has 8 heteroatoms. The van der Waals surface area contributed by atoms with Crippen LogP contribution in [0.3, 0.4) is 0 Å². The molecule has 1 aliphatic heterocycles. The van der Waals surface area contributed by atoms with Gasteiger partial charge in [-0.05, 0) is 11.8 Å². The van der Waals surface area contributed by atoms with Gasteiger partial charge in [0.2, 0.25) is 3.79 Å². The predicted octanol–water partition coefficient (Wildman–Crippen LogP) is 2.74. The summed E-state index contributed by atoms with van der Waals surface area (Å²) in [5.74, 6) is 0. The van der Waals surface area contributed by atoms with E-state index in [-0.39, 0.29) is 11.5 Å². The maximum Gasteiger partial charge on any atom is 0.338 e. The van der Waals surface area contributed by atoms with Crippen molar-refractivity contribution in [2.45, 2.75) is 37.0 Å². The van der Waals surface area contributed by atoms with E-state index < -0.39 is 20.7 Å². The van der Waals surface area contributed by atoms with Crippen LogP contribution in [0.25, 0.3) is 0 Å². The Balaban J connectivity index is 2.47. The van der Waals surface area contributed by atoms with Crippen LogP contribution in [0.4, 0.5) is 0 Å². The molecule has 1 heterocycles. The fourth-order valence-electron chi connectivity index (χ4n) is 1.52. The minimum Gasteiger partial charge on any atom is -0.253 e. The first-order valence-electron chi connectivity index (χ1n) is 5.14. The largest absolute Gasteiger partial charge is 0.338 e. The fourth-order valence-corrected chi connectivity index (χ4v) is 3.13. The SMILES string of the molecule is CC(C)(C)CC1CN1S(=O)(=O)OCC(Cl)(Cl)Cl. The molecule has 0 bridgehead atoms. The van der Waals surface area contributed by atoms with Gasteiger partial charge in [-0.25, -0.2) is 0 Å². The Morgan fingerprint density at radius 3 is 2.24 bits per heavy atom. The number of alkyl halides is 3. The molecule has 0 aromatic heterocycles. The summed E-state index contributed by atoms with van der Waals surface area (Å²) >= 11 is 16.3. The van der Waals surface area contributed by atoms with Crippen molar-refractivity contribution in [1.29, 1.82) is 0 Å². The van der Waals surface area contributed by atoms with Crippen molar-refractivity contribution in [3.05, 3.63) is 0 Å². The molecule has 2 atom stereocenters. The summed E-state index contributed by atoms with van der Waals surface area (Å²) in [7, 11) is -3.76. The predicted molar refractivity (Wildman–Crippen MR) is 69.7 cm³/mol. The number of hydrogen-bond acceptors (Lipinski definition) is 3. The van der Waals surface area contributed by atoms with Crippen LogP contribution in [-0.4, -0.2) is 35.7 Å². The van der Waals surface area contributed by atoms with Gasteiger partial charge in [-0.2, -0.15) is 12.7 Å². The van der Waals surface area contributed by atoms with E-state index in [0.29, 0.717) is 6.54 Å². The molecule has 0 radical (unpaired) electrons. The number of hydrogen-bond donors (Lipinski definition) is 0. The summed E-state index contributed by atoms with van der Waals surface area (Å²) in [5.41, 5.74) is 0.0736. The third-order valence-electron chi connectivity index (χ3n) is 2.17. The second-order valence-electron chi connectivity index (χ2n) is 5.32. The van der Waals surface area contributed by atoms with Crippen LogP contribution in [0.2, 0.25) is 0 Å². The zero-order valence-corrected chi connectivity index (χ0v) is 13.0. The third kappa shape index (κ3) is 5.94. The fraction of sp³-hybridized carbons (Fsp3) is 1.00. The molecule has 0 saturated carbocycles. The Hall–Kier alpha value is 0.740. The highest BCUT2D eigenvalue weighted by molar-refractivity contribution is 7.84. The zero-order valence-electron chi connectivity index (χ0n) is 9.91. The van der Waals surface area contributed by atoms with Gasteiger partial charge < -0.3 is 0 Å². The van der Waals surface area contributed by atoms with Crippen LogP contribution in [0, 0.1) is 5.41 Å². The monoisotopic (exact) mass is 323 g/mol. The van der Waals surface area contributed by atoms with Gasteiger partial charge in [0.1, 0.15) is 6.61 Å². The van der Waals surface area contributed by atoms with Gasteiger partial charge in [0.25, 0.3) is 0 Å². The molecule has 4 nitrogen and oxygen atoms in total. The Morgan fingerprint density at radius 1 is 1.29 bits per heavy atom. The van der Waals surface area contributed by atoms with Crippen molar-refractivity contribution in [1.82, 2.24) is 4.31 Å². The molecule has 1 fully saturated rings. The van der Waals surface area contributed by atoms with Crippen molar-refractivity contribution in [3.8, 4) is 0 Å². The van der Waals surface area contributed by atoms with Gasteiger partial charge in [-0.15, -0.1) is 0 Å². The average Bonchev–Trinajstić information content (AvgIpc) is 2.76. The Kier molecular flexibility index (Phi) is 4.67. The van der Waals surface area contributed by atoms with E-state index in [0.717, 1.165) is 6.42 Å². The van der Waals surface area contributed by atoms with Crippen LogP contribution in [0.15, 0.2) is 0 Å². The molecule has 0 aromatic carbocycles. The normalized spacial score (nSPS) is 26.0. The quantitative estimate of drug-likeness (QED) is 0.590. The van der Waals surface area contributed by atoms with E-state index in [1.54, 1.807) is 0 Å². The van der Waals surface area contributed by atoms with Crippen LogP contribution in [0.1, 0.15) is 27.2 Å². The molecule has 0 N–H and O–H groups in total. The van der Waals surface area contributed by atoms with Crippen molar-refractivity contribution in [3.63, 3.8) is 0 Å². The molecule has 2 unspecified atom stereocenters. The van der Waals surface area contributed by atoms with Crippen molar-refractivity contribution < 1.29 is 12.6 Å². The smallest absolute Gasteiger partial charge is 0.253 e. The molecule has 17 heavy (non-hydrogen) atoms. The number of halogens is 3. The van der Waals surface area contributed by atoms with Crippen molar-refractivity contribution in [2.75, 3.05) is 13.2 Å². The van der Waals surface area contributed by atoms with Gasteiger partial charge in [-0.1, -0.05) is 55.6 Å². The second kappa shape index (κ2) is 5.02. The minimum atomic E-state index is -3.76. The van der Waals surface area contributed by atoms with Crippen LogP contribution < -0.4 is 0 Å². The lowest BCUT2D eigenvalue weighted by Gasteiger charge is -2.18. The highest BCUT2D eigenvalue weighted by Crippen LogP contribution is 2.35. The molecule has 1 aliphatic rings. The zero-order chi connectivity index (χ0) is 13.5. The standard InChI is InChI=1S/C9H16Cl3NO3S/c1-8(2,3)4-7-5-13(7)17(14,15)16-6-9(10,11)12/h7H,4-6H2,1-3H3. The summed E-state index contributed by atoms with van der Waals surface area (Å²) in [6.07, 6.45) is 0.781. The topological polar surface area (TPSA) is 46.4 Å². The average molecular weight is 325 g/mol. The van der Waals surface area contributed by atoms with E-state index in [4.69, 9.17) is 34.8 Å². The molecule has 1 rings (SSSR count). The van der Waals surface area contributed by atoms with E-state index in [1.165, 1.54) is 4.31 Å². The first-order chi connectivity index (χ1) is 7.41. The molecule has 102 valence electrons. The summed E-state index contributed by atoms with van der Waals surface area (Å²) in [4.78, 5) is 0. The highest BCUT2D eigenvalue weighted by Gasteiger charge is 2.46.